The SMILES string of the molecule is CC(CNC(=O)OC(C)(C)C)CNc1cccc2c1C(=O)N(C1CCC(=O)NC1=O)C2=O. The van der Waals surface area contributed by atoms with Crippen LogP contribution in [0.25, 0.3) is 0 Å². The zero-order valence-electron chi connectivity index (χ0n) is 18.6. The Balaban J connectivity index is 1.65. The highest BCUT2D eigenvalue weighted by atomic mass is 16.6. The van der Waals surface area contributed by atoms with E-state index in [9.17, 15) is 24.0 Å². The van der Waals surface area contributed by atoms with Crippen LogP contribution in [-0.2, 0) is 14.3 Å². The van der Waals surface area contributed by atoms with Crippen LogP contribution in [0.3, 0.4) is 0 Å². The molecule has 1 aromatic carbocycles. The summed E-state index contributed by atoms with van der Waals surface area (Å²) in [5, 5.41) is 8.04. The average molecular weight is 444 g/mol. The molecule has 2 heterocycles. The molecule has 2 aliphatic heterocycles. The van der Waals surface area contributed by atoms with Crippen LogP contribution < -0.4 is 16.0 Å². The smallest absolute Gasteiger partial charge is 0.407 e. The monoisotopic (exact) mass is 444 g/mol. The Labute approximate surface area is 186 Å². The van der Waals surface area contributed by atoms with Crippen molar-refractivity contribution in [3.05, 3.63) is 29.3 Å². The molecule has 0 radical (unpaired) electrons. The van der Waals surface area contributed by atoms with Crippen molar-refractivity contribution in [2.75, 3.05) is 18.4 Å². The molecule has 32 heavy (non-hydrogen) atoms. The van der Waals surface area contributed by atoms with Crippen LogP contribution in [0.2, 0.25) is 0 Å². The van der Waals surface area contributed by atoms with Crippen molar-refractivity contribution in [2.24, 2.45) is 5.92 Å². The van der Waals surface area contributed by atoms with Gasteiger partial charge in [0.1, 0.15) is 11.6 Å². The Bertz CT molecular complexity index is 968. The Morgan fingerprint density at radius 1 is 1.19 bits per heavy atom. The third kappa shape index (κ3) is 5.06. The van der Waals surface area contributed by atoms with Gasteiger partial charge in [0, 0.05) is 25.2 Å². The highest BCUT2D eigenvalue weighted by Crippen LogP contribution is 2.32. The van der Waals surface area contributed by atoms with Crippen molar-refractivity contribution in [2.45, 2.75) is 52.2 Å². The number of hydrogen-bond donors (Lipinski definition) is 3. The standard InChI is InChI=1S/C22H28N4O6/c1-12(11-24-21(31)32-22(2,3)4)10-23-14-7-5-6-13-17(14)20(30)26(19(13)29)15-8-9-16(27)25-18(15)28/h5-7,12,15,23H,8-11H2,1-4H3,(H,24,31)(H,25,27,28). The lowest BCUT2D eigenvalue weighted by Gasteiger charge is -2.27. The molecule has 10 nitrogen and oxygen atoms in total. The van der Waals surface area contributed by atoms with Crippen molar-refractivity contribution >= 4 is 35.4 Å². The molecule has 5 amide bonds. The number of nitrogens with one attached hydrogen (secondary N) is 3. The van der Waals surface area contributed by atoms with Crippen LogP contribution in [0.1, 0.15) is 61.3 Å². The molecule has 0 aliphatic carbocycles. The molecular weight excluding hydrogens is 416 g/mol. The summed E-state index contributed by atoms with van der Waals surface area (Å²) in [4.78, 5) is 62.3. The number of piperidine rings is 1. The molecule has 1 fully saturated rings. The van der Waals surface area contributed by atoms with E-state index in [1.807, 2.05) is 6.92 Å². The quantitative estimate of drug-likeness (QED) is 0.568. The van der Waals surface area contributed by atoms with Gasteiger partial charge in [-0.15, -0.1) is 0 Å². The van der Waals surface area contributed by atoms with Crippen LogP contribution in [0.5, 0.6) is 0 Å². The average Bonchev–Trinajstić information content (AvgIpc) is 2.95. The fourth-order valence-electron chi connectivity index (χ4n) is 3.59. The first-order valence-electron chi connectivity index (χ1n) is 10.5. The predicted molar refractivity (Wildman–Crippen MR) is 115 cm³/mol. The third-order valence-corrected chi connectivity index (χ3v) is 5.10. The van der Waals surface area contributed by atoms with Crippen molar-refractivity contribution < 1.29 is 28.7 Å². The largest absolute Gasteiger partial charge is 0.444 e. The highest BCUT2D eigenvalue weighted by molar-refractivity contribution is 6.25. The first-order chi connectivity index (χ1) is 15.0. The number of ether oxygens (including phenoxy) is 1. The second kappa shape index (κ2) is 8.97. The molecular formula is C22H28N4O6. The molecule has 1 saturated heterocycles. The zero-order valence-corrected chi connectivity index (χ0v) is 18.6. The second-order valence-corrected chi connectivity index (χ2v) is 9.04. The van der Waals surface area contributed by atoms with Gasteiger partial charge in [0.15, 0.2) is 0 Å². The van der Waals surface area contributed by atoms with Crippen LogP contribution >= 0.6 is 0 Å². The molecule has 0 spiro atoms. The first-order valence-corrected chi connectivity index (χ1v) is 10.5. The molecule has 2 aliphatic rings. The summed E-state index contributed by atoms with van der Waals surface area (Å²) in [5.41, 5.74) is 0.302. The molecule has 10 heteroatoms. The number of hydrogen-bond acceptors (Lipinski definition) is 7. The van der Waals surface area contributed by atoms with E-state index in [0.717, 1.165) is 4.90 Å². The summed E-state index contributed by atoms with van der Waals surface area (Å²) in [6, 6.07) is 3.88. The molecule has 172 valence electrons. The Kier molecular flexibility index (Phi) is 6.52. The van der Waals surface area contributed by atoms with Gasteiger partial charge >= 0.3 is 6.09 Å². The maximum absolute atomic E-state index is 13.1. The number of benzene rings is 1. The highest BCUT2D eigenvalue weighted by Gasteiger charge is 2.45. The van der Waals surface area contributed by atoms with Gasteiger partial charge in [-0.05, 0) is 45.2 Å². The number of imide groups is 2. The molecule has 0 saturated carbocycles. The summed E-state index contributed by atoms with van der Waals surface area (Å²) in [7, 11) is 0. The number of rotatable bonds is 6. The lowest BCUT2D eigenvalue weighted by molar-refractivity contribution is -0.136. The number of carbonyl (C=O) groups excluding carboxylic acids is 5. The Morgan fingerprint density at radius 3 is 2.56 bits per heavy atom. The van der Waals surface area contributed by atoms with Gasteiger partial charge in [0.2, 0.25) is 11.8 Å². The minimum Gasteiger partial charge on any atom is -0.444 e. The third-order valence-electron chi connectivity index (χ3n) is 5.10. The van der Waals surface area contributed by atoms with E-state index in [1.54, 1.807) is 39.0 Å². The van der Waals surface area contributed by atoms with Gasteiger partial charge in [-0.25, -0.2) is 4.79 Å². The predicted octanol–water partition coefficient (Wildman–Crippen LogP) is 1.66. The fraction of sp³-hybridized carbons (Fsp3) is 0.500. The van der Waals surface area contributed by atoms with Crippen molar-refractivity contribution in [3.63, 3.8) is 0 Å². The lowest BCUT2D eigenvalue weighted by atomic mass is 10.0. The van der Waals surface area contributed by atoms with Gasteiger partial charge in [0.05, 0.1) is 11.1 Å². The number of amides is 5. The van der Waals surface area contributed by atoms with E-state index in [-0.39, 0.29) is 29.9 Å². The van der Waals surface area contributed by atoms with E-state index in [1.165, 1.54) is 0 Å². The first kappa shape index (κ1) is 23.2. The molecule has 2 unspecified atom stereocenters. The minimum atomic E-state index is -1.01. The Morgan fingerprint density at radius 2 is 1.91 bits per heavy atom. The van der Waals surface area contributed by atoms with Gasteiger partial charge in [-0.3, -0.25) is 29.4 Å². The van der Waals surface area contributed by atoms with Crippen molar-refractivity contribution in [1.29, 1.82) is 0 Å². The maximum atomic E-state index is 13.1. The van der Waals surface area contributed by atoms with Gasteiger partial charge < -0.3 is 15.4 Å². The number of anilines is 1. The molecule has 2 atom stereocenters. The van der Waals surface area contributed by atoms with E-state index >= 15 is 0 Å². The van der Waals surface area contributed by atoms with Crippen LogP contribution in [-0.4, -0.2) is 59.4 Å². The van der Waals surface area contributed by atoms with E-state index in [2.05, 4.69) is 16.0 Å². The number of nitrogens with zero attached hydrogens (tertiary/aromatic N) is 1. The van der Waals surface area contributed by atoms with E-state index in [4.69, 9.17) is 4.74 Å². The molecule has 0 aromatic heterocycles. The van der Waals surface area contributed by atoms with Gasteiger partial charge in [-0.1, -0.05) is 13.0 Å². The topological polar surface area (TPSA) is 134 Å². The summed E-state index contributed by atoms with van der Waals surface area (Å²) in [6.45, 7) is 8.03. The zero-order chi connectivity index (χ0) is 23.6. The normalized spacial score (nSPS) is 19.4. The van der Waals surface area contributed by atoms with Crippen LogP contribution in [0.4, 0.5) is 10.5 Å². The Hall–Kier alpha value is -3.43. The summed E-state index contributed by atoms with van der Waals surface area (Å²) in [5.74, 6) is -2.19. The number of carbonyl (C=O) groups is 5. The summed E-state index contributed by atoms with van der Waals surface area (Å²) >= 11 is 0. The molecule has 3 N–H and O–H groups in total. The van der Waals surface area contributed by atoms with Crippen molar-refractivity contribution in [1.82, 2.24) is 15.5 Å². The van der Waals surface area contributed by atoms with Gasteiger partial charge in [-0.2, -0.15) is 0 Å². The van der Waals surface area contributed by atoms with Crippen LogP contribution in [0, 0.1) is 5.92 Å². The molecule has 0 bridgehead atoms. The fourth-order valence-corrected chi connectivity index (χ4v) is 3.59. The van der Waals surface area contributed by atoms with Gasteiger partial charge in [0.25, 0.3) is 11.8 Å². The molecule has 3 rings (SSSR count). The van der Waals surface area contributed by atoms with E-state index < -0.39 is 41.4 Å². The second-order valence-electron chi connectivity index (χ2n) is 9.04. The lowest BCUT2D eigenvalue weighted by Crippen LogP contribution is -2.54. The van der Waals surface area contributed by atoms with Crippen LogP contribution in [0.15, 0.2) is 18.2 Å². The maximum Gasteiger partial charge on any atom is 0.407 e. The van der Waals surface area contributed by atoms with E-state index in [0.29, 0.717) is 18.8 Å². The van der Waals surface area contributed by atoms with Crippen molar-refractivity contribution in [3.8, 4) is 0 Å². The summed E-state index contributed by atoms with van der Waals surface area (Å²) < 4.78 is 5.21. The molecule has 1 aromatic rings. The number of alkyl carbamates (subject to hydrolysis) is 1. The number of fused-ring (bicyclic) bond motifs is 1. The summed E-state index contributed by atoms with van der Waals surface area (Å²) in [6.07, 6.45) is -0.339. The minimum absolute atomic E-state index is 0.00295.